The molecular weight excluding hydrogens is 482 g/mol. The Bertz CT molecular complexity index is 1200. The van der Waals surface area contributed by atoms with Gasteiger partial charge in [0.05, 0.1) is 21.3 Å². The van der Waals surface area contributed by atoms with Gasteiger partial charge in [0.1, 0.15) is 18.1 Å². The quantitative estimate of drug-likeness (QED) is 0.384. The first-order valence-corrected chi connectivity index (χ1v) is 11.6. The Morgan fingerprint density at radius 2 is 1.81 bits per heavy atom. The highest BCUT2D eigenvalue weighted by Gasteiger charge is 2.27. The molecule has 7 nitrogen and oxygen atoms in total. The number of carbonyl (C=O) groups is 1. The van der Waals surface area contributed by atoms with E-state index in [0.29, 0.717) is 17.2 Å². The summed E-state index contributed by atoms with van der Waals surface area (Å²) in [6.45, 7) is 5.18. The molecule has 3 aromatic rings. The van der Waals surface area contributed by atoms with Crippen LogP contribution in [0.5, 0.6) is 0 Å². The van der Waals surface area contributed by atoms with E-state index < -0.39 is 22.5 Å². The number of anilines is 1. The summed E-state index contributed by atoms with van der Waals surface area (Å²) in [6.07, 6.45) is 1.35. The van der Waals surface area contributed by atoms with Gasteiger partial charge in [-0.1, -0.05) is 24.3 Å². The fourth-order valence-corrected chi connectivity index (χ4v) is 4.53. The number of hydrazone groups is 1. The van der Waals surface area contributed by atoms with E-state index in [1.165, 1.54) is 18.3 Å². The molecule has 1 amide bonds. The predicted octanol–water partition coefficient (Wildman–Crippen LogP) is 4.31. The lowest BCUT2D eigenvalue weighted by molar-refractivity contribution is -0.119. The molecule has 0 aliphatic rings. The molecule has 1 aromatic heterocycles. The van der Waals surface area contributed by atoms with Crippen LogP contribution in [0.3, 0.4) is 0 Å². The topological polar surface area (TPSA) is 92.0 Å². The molecule has 3 rings (SSSR count). The second-order valence-corrected chi connectivity index (χ2v) is 9.66. The van der Waals surface area contributed by atoms with Crippen molar-refractivity contribution in [2.24, 2.45) is 5.10 Å². The van der Waals surface area contributed by atoms with Crippen LogP contribution >= 0.6 is 15.9 Å². The number of halogens is 1. The molecule has 1 N–H and O–H groups in total. The van der Waals surface area contributed by atoms with Gasteiger partial charge in [-0.2, -0.15) is 5.10 Å². The van der Waals surface area contributed by atoms with Gasteiger partial charge < -0.3 is 4.42 Å². The first kappa shape index (κ1) is 22.8. The number of aryl methyl sites for hydroxylation is 3. The summed E-state index contributed by atoms with van der Waals surface area (Å²) in [5.41, 5.74) is 4.70. The zero-order valence-corrected chi connectivity index (χ0v) is 19.7. The van der Waals surface area contributed by atoms with E-state index in [4.69, 9.17) is 4.42 Å². The Morgan fingerprint density at radius 1 is 1.10 bits per heavy atom. The van der Waals surface area contributed by atoms with Gasteiger partial charge in [0, 0.05) is 6.07 Å². The Morgan fingerprint density at radius 3 is 2.42 bits per heavy atom. The molecule has 0 saturated carbocycles. The van der Waals surface area contributed by atoms with Crippen molar-refractivity contribution in [2.45, 2.75) is 25.7 Å². The lowest BCUT2D eigenvalue weighted by Crippen LogP contribution is -2.39. The first-order chi connectivity index (χ1) is 14.7. The Labute approximate surface area is 189 Å². The number of benzene rings is 2. The first-order valence-electron chi connectivity index (χ1n) is 9.41. The monoisotopic (exact) mass is 503 g/mol. The predicted molar refractivity (Wildman–Crippen MR) is 124 cm³/mol. The Balaban J connectivity index is 1.85. The van der Waals surface area contributed by atoms with Crippen LogP contribution in [-0.4, -0.2) is 27.1 Å². The van der Waals surface area contributed by atoms with Crippen LogP contribution in [0.4, 0.5) is 5.69 Å². The van der Waals surface area contributed by atoms with E-state index in [1.54, 1.807) is 43.3 Å². The van der Waals surface area contributed by atoms with E-state index in [-0.39, 0.29) is 4.90 Å². The van der Waals surface area contributed by atoms with Crippen molar-refractivity contribution >= 4 is 43.8 Å². The number of hydrogen-bond donors (Lipinski definition) is 1. The summed E-state index contributed by atoms with van der Waals surface area (Å²) in [5.74, 6) is 0.548. The maximum Gasteiger partial charge on any atom is 0.264 e. The number of hydrogen-bond acceptors (Lipinski definition) is 5. The van der Waals surface area contributed by atoms with Crippen LogP contribution in [0.2, 0.25) is 0 Å². The lowest BCUT2D eigenvalue weighted by Gasteiger charge is -2.24. The Kier molecular flexibility index (Phi) is 6.97. The highest BCUT2D eigenvalue weighted by molar-refractivity contribution is 9.10. The standard InChI is InChI=1S/C22H22BrN3O4S/c1-15-9-10-18(11-16(15)2)26(31(28,29)20-7-5-4-6-8-20)14-22(27)25-24-13-19-12-21(23)17(3)30-19/h4-13H,14H2,1-3H3,(H,25,27)/b24-13+. The normalized spacial score (nSPS) is 11.6. The second kappa shape index (κ2) is 9.49. The third-order valence-electron chi connectivity index (χ3n) is 4.65. The molecule has 0 saturated heterocycles. The maximum atomic E-state index is 13.3. The van der Waals surface area contributed by atoms with Crippen LogP contribution in [0.1, 0.15) is 22.6 Å². The summed E-state index contributed by atoms with van der Waals surface area (Å²) in [7, 11) is -3.96. The van der Waals surface area contributed by atoms with Gasteiger partial charge >= 0.3 is 0 Å². The lowest BCUT2D eigenvalue weighted by atomic mass is 10.1. The summed E-state index contributed by atoms with van der Waals surface area (Å²) >= 11 is 3.33. The minimum atomic E-state index is -3.96. The van der Waals surface area contributed by atoms with E-state index in [2.05, 4.69) is 26.5 Å². The summed E-state index contributed by atoms with van der Waals surface area (Å²) in [5, 5.41) is 3.87. The number of nitrogens with one attached hydrogen (secondary N) is 1. The molecular formula is C22H22BrN3O4S. The highest BCUT2D eigenvalue weighted by Crippen LogP contribution is 2.25. The van der Waals surface area contributed by atoms with Crippen molar-refractivity contribution in [2.75, 3.05) is 10.8 Å². The molecule has 0 unspecified atom stereocenters. The molecule has 0 radical (unpaired) electrons. The number of furan rings is 1. The fraction of sp³-hybridized carbons (Fsp3) is 0.182. The van der Waals surface area contributed by atoms with Crippen LogP contribution in [0, 0.1) is 20.8 Å². The van der Waals surface area contributed by atoms with Gasteiger partial charge in [-0.05, 0) is 72.1 Å². The molecule has 0 bridgehead atoms. The van der Waals surface area contributed by atoms with Gasteiger partial charge in [0.15, 0.2) is 0 Å². The SMILES string of the molecule is Cc1ccc(N(CC(=O)N/N=C/c2cc(Br)c(C)o2)S(=O)(=O)c2ccccc2)cc1C. The molecule has 1 heterocycles. The van der Waals surface area contributed by atoms with Crippen molar-refractivity contribution in [1.82, 2.24) is 5.43 Å². The molecule has 0 atom stereocenters. The smallest absolute Gasteiger partial charge is 0.264 e. The molecule has 0 spiro atoms. The molecule has 31 heavy (non-hydrogen) atoms. The van der Waals surface area contributed by atoms with Gasteiger partial charge in [-0.3, -0.25) is 9.10 Å². The fourth-order valence-electron chi connectivity index (χ4n) is 2.79. The third-order valence-corrected chi connectivity index (χ3v) is 7.23. The van der Waals surface area contributed by atoms with E-state index in [0.717, 1.165) is 19.9 Å². The van der Waals surface area contributed by atoms with Crippen LogP contribution in [-0.2, 0) is 14.8 Å². The van der Waals surface area contributed by atoms with E-state index in [9.17, 15) is 13.2 Å². The minimum absolute atomic E-state index is 0.0976. The number of carbonyl (C=O) groups excluding carboxylic acids is 1. The summed E-state index contributed by atoms with van der Waals surface area (Å²) < 4.78 is 33.9. The highest BCUT2D eigenvalue weighted by atomic mass is 79.9. The van der Waals surface area contributed by atoms with Gasteiger partial charge in [-0.25, -0.2) is 13.8 Å². The number of amides is 1. The second-order valence-electron chi connectivity index (χ2n) is 6.94. The minimum Gasteiger partial charge on any atom is -0.459 e. The number of nitrogens with zero attached hydrogens (tertiary/aromatic N) is 2. The van der Waals surface area contributed by atoms with Crippen molar-refractivity contribution in [3.63, 3.8) is 0 Å². The zero-order chi connectivity index (χ0) is 22.6. The van der Waals surface area contributed by atoms with Crippen LogP contribution < -0.4 is 9.73 Å². The molecule has 162 valence electrons. The van der Waals surface area contributed by atoms with Crippen molar-refractivity contribution in [1.29, 1.82) is 0 Å². The summed E-state index contributed by atoms with van der Waals surface area (Å²) in [6, 6.07) is 15.0. The average Bonchev–Trinajstić information content (AvgIpc) is 3.06. The molecule has 0 aliphatic carbocycles. The summed E-state index contributed by atoms with van der Waals surface area (Å²) in [4.78, 5) is 12.6. The van der Waals surface area contributed by atoms with Crippen LogP contribution in [0.25, 0.3) is 0 Å². The van der Waals surface area contributed by atoms with E-state index in [1.807, 2.05) is 19.9 Å². The Hall–Kier alpha value is -2.91. The zero-order valence-electron chi connectivity index (χ0n) is 17.3. The number of rotatable bonds is 7. The average molecular weight is 504 g/mol. The molecule has 9 heteroatoms. The van der Waals surface area contributed by atoms with Gasteiger partial charge in [0.2, 0.25) is 0 Å². The largest absolute Gasteiger partial charge is 0.459 e. The van der Waals surface area contributed by atoms with E-state index >= 15 is 0 Å². The van der Waals surface area contributed by atoms with Crippen LogP contribution in [0.15, 0.2) is 73.5 Å². The van der Waals surface area contributed by atoms with Crippen molar-refractivity contribution in [3.8, 4) is 0 Å². The molecule has 0 aliphatic heterocycles. The van der Waals surface area contributed by atoms with Gasteiger partial charge in [0.25, 0.3) is 15.9 Å². The molecule has 2 aromatic carbocycles. The molecule has 0 fully saturated rings. The van der Waals surface area contributed by atoms with Crippen molar-refractivity contribution in [3.05, 3.63) is 81.7 Å². The number of sulfonamides is 1. The third kappa shape index (κ3) is 5.42. The van der Waals surface area contributed by atoms with Gasteiger partial charge in [-0.15, -0.1) is 0 Å². The van der Waals surface area contributed by atoms with Crippen molar-refractivity contribution < 1.29 is 17.6 Å². The maximum absolute atomic E-state index is 13.3.